The third-order valence-electron chi connectivity index (χ3n) is 2.15. The lowest BCUT2D eigenvalue weighted by Crippen LogP contribution is -2.14. The van der Waals surface area contributed by atoms with E-state index in [1.165, 1.54) is 12.0 Å². The molecule has 0 spiro atoms. The molecule has 2 heteroatoms. The van der Waals surface area contributed by atoms with Crippen molar-refractivity contribution in [2.75, 3.05) is 20.6 Å². The van der Waals surface area contributed by atoms with E-state index in [1.807, 2.05) is 6.08 Å². The lowest BCUT2D eigenvalue weighted by atomic mass is 10.0. The van der Waals surface area contributed by atoms with Crippen molar-refractivity contribution in [3.05, 3.63) is 23.4 Å². The van der Waals surface area contributed by atoms with E-state index >= 15 is 0 Å². The predicted molar refractivity (Wildman–Crippen MR) is 52.8 cm³/mol. The van der Waals surface area contributed by atoms with Crippen LogP contribution in [0.3, 0.4) is 0 Å². The zero-order valence-corrected chi connectivity index (χ0v) is 8.01. The molecular weight excluding hydrogens is 148 g/mol. The van der Waals surface area contributed by atoms with Crippen molar-refractivity contribution in [2.24, 2.45) is 5.73 Å². The van der Waals surface area contributed by atoms with Gasteiger partial charge in [0.1, 0.15) is 0 Å². The number of nitrogens with two attached hydrogens (primary N) is 1. The van der Waals surface area contributed by atoms with Crippen molar-refractivity contribution in [1.29, 1.82) is 0 Å². The van der Waals surface area contributed by atoms with Crippen molar-refractivity contribution in [3.8, 4) is 0 Å². The first-order valence-electron chi connectivity index (χ1n) is 4.47. The summed E-state index contributed by atoms with van der Waals surface area (Å²) in [6.45, 7) is 1.14. The summed E-state index contributed by atoms with van der Waals surface area (Å²) in [7, 11) is 4.21. The zero-order valence-electron chi connectivity index (χ0n) is 8.01. The highest BCUT2D eigenvalue weighted by Crippen LogP contribution is 2.17. The molecule has 0 saturated heterocycles. The Kier molecular flexibility index (Phi) is 3.35. The molecule has 0 bridgehead atoms. The molecule has 0 heterocycles. The number of hydrogen-bond donors (Lipinski definition) is 1. The van der Waals surface area contributed by atoms with Gasteiger partial charge in [-0.05, 0) is 39.4 Å². The zero-order chi connectivity index (χ0) is 8.97. The van der Waals surface area contributed by atoms with Crippen molar-refractivity contribution in [3.63, 3.8) is 0 Å². The summed E-state index contributed by atoms with van der Waals surface area (Å²) in [5.41, 5.74) is 8.20. The Morgan fingerprint density at radius 1 is 1.33 bits per heavy atom. The summed E-state index contributed by atoms with van der Waals surface area (Å²) in [6, 6.07) is 0. The quantitative estimate of drug-likeness (QED) is 0.688. The number of rotatable bonds is 3. The van der Waals surface area contributed by atoms with Gasteiger partial charge in [-0.1, -0.05) is 11.6 Å². The average Bonchev–Trinajstić information content (AvgIpc) is 2.03. The molecule has 1 aliphatic rings. The van der Waals surface area contributed by atoms with Crippen LogP contribution in [0.1, 0.15) is 19.3 Å². The SMILES string of the molecule is CN(C)CCC1=CC=C(N)CC1. The largest absolute Gasteiger partial charge is 0.402 e. The first-order chi connectivity index (χ1) is 5.68. The van der Waals surface area contributed by atoms with E-state index in [0.29, 0.717) is 0 Å². The maximum atomic E-state index is 5.66. The first-order valence-corrected chi connectivity index (χ1v) is 4.47. The third-order valence-corrected chi connectivity index (χ3v) is 2.15. The van der Waals surface area contributed by atoms with Crippen LogP contribution in [-0.4, -0.2) is 25.5 Å². The molecule has 1 aliphatic carbocycles. The molecule has 1 rings (SSSR count). The topological polar surface area (TPSA) is 29.3 Å². The van der Waals surface area contributed by atoms with Gasteiger partial charge in [0.05, 0.1) is 0 Å². The first kappa shape index (κ1) is 9.33. The highest BCUT2D eigenvalue weighted by molar-refractivity contribution is 5.22. The minimum Gasteiger partial charge on any atom is -0.402 e. The minimum absolute atomic E-state index is 1.02. The maximum Gasteiger partial charge on any atom is 0.00836 e. The average molecular weight is 166 g/mol. The highest BCUT2D eigenvalue weighted by atomic mass is 15.0. The van der Waals surface area contributed by atoms with Gasteiger partial charge in [-0.3, -0.25) is 0 Å². The Balaban J connectivity index is 2.34. The standard InChI is InChI=1S/C10H18N2/c1-12(2)8-7-9-3-5-10(11)6-4-9/h3,5H,4,6-8,11H2,1-2H3. The molecule has 0 aromatic rings. The van der Waals surface area contributed by atoms with Gasteiger partial charge < -0.3 is 10.6 Å². The lowest BCUT2D eigenvalue weighted by molar-refractivity contribution is 0.410. The third kappa shape index (κ3) is 3.09. The molecule has 12 heavy (non-hydrogen) atoms. The summed E-state index contributed by atoms with van der Waals surface area (Å²) in [4.78, 5) is 2.21. The summed E-state index contributed by atoms with van der Waals surface area (Å²) in [5.74, 6) is 0. The van der Waals surface area contributed by atoms with Gasteiger partial charge in [0, 0.05) is 12.2 Å². The molecule has 0 aliphatic heterocycles. The second-order valence-electron chi connectivity index (χ2n) is 3.62. The molecular formula is C10H18N2. The van der Waals surface area contributed by atoms with Gasteiger partial charge in [0.2, 0.25) is 0 Å². The van der Waals surface area contributed by atoms with Crippen LogP contribution in [0.15, 0.2) is 23.4 Å². The fourth-order valence-electron chi connectivity index (χ4n) is 1.27. The molecule has 2 nitrogen and oxygen atoms in total. The van der Waals surface area contributed by atoms with Crippen molar-refractivity contribution < 1.29 is 0 Å². The molecule has 0 saturated carbocycles. The van der Waals surface area contributed by atoms with E-state index < -0.39 is 0 Å². The molecule has 2 N–H and O–H groups in total. The Morgan fingerprint density at radius 3 is 2.58 bits per heavy atom. The fourth-order valence-corrected chi connectivity index (χ4v) is 1.27. The Hall–Kier alpha value is -0.760. The Labute approximate surface area is 74.7 Å². The lowest BCUT2D eigenvalue weighted by Gasteiger charge is -2.14. The molecule has 0 amide bonds. The molecule has 0 unspecified atom stereocenters. The van der Waals surface area contributed by atoms with Gasteiger partial charge >= 0.3 is 0 Å². The van der Waals surface area contributed by atoms with Crippen LogP contribution in [0.25, 0.3) is 0 Å². The van der Waals surface area contributed by atoms with E-state index in [4.69, 9.17) is 5.73 Å². The molecule has 0 atom stereocenters. The summed E-state index contributed by atoms with van der Waals surface area (Å²) in [6.07, 6.45) is 7.57. The molecule has 0 radical (unpaired) electrons. The van der Waals surface area contributed by atoms with E-state index in [1.54, 1.807) is 0 Å². The van der Waals surface area contributed by atoms with Crippen LogP contribution in [-0.2, 0) is 0 Å². The van der Waals surface area contributed by atoms with Gasteiger partial charge in [-0.25, -0.2) is 0 Å². The smallest absolute Gasteiger partial charge is 0.00836 e. The van der Waals surface area contributed by atoms with E-state index in [9.17, 15) is 0 Å². The number of hydrogen-bond acceptors (Lipinski definition) is 2. The predicted octanol–water partition coefficient (Wildman–Crippen LogP) is 1.50. The van der Waals surface area contributed by atoms with Crippen molar-refractivity contribution >= 4 is 0 Å². The summed E-state index contributed by atoms with van der Waals surface area (Å²) in [5, 5.41) is 0. The Morgan fingerprint density at radius 2 is 2.08 bits per heavy atom. The molecule has 0 aromatic carbocycles. The number of nitrogens with zero attached hydrogens (tertiary/aromatic N) is 1. The van der Waals surface area contributed by atoms with E-state index in [0.717, 1.165) is 25.1 Å². The number of allylic oxidation sites excluding steroid dienone is 3. The molecule has 68 valence electrons. The van der Waals surface area contributed by atoms with Crippen LogP contribution in [0.5, 0.6) is 0 Å². The van der Waals surface area contributed by atoms with Gasteiger partial charge in [0.25, 0.3) is 0 Å². The van der Waals surface area contributed by atoms with Crippen LogP contribution in [0, 0.1) is 0 Å². The fraction of sp³-hybridized carbons (Fsp3) is 0.600. The normalized spacial score (nSPS) is 17.6. The van der Waals surface area contributed by atoms with Gasteiger partial charge in [0.15, 0.2) is 0 Å². The second kappa shape index (κ2) is 4.31. The maximum absolute atomic E-state index is 5.66. The van der Waals surface area contributed by atoms with Crippen LogP contribution in [0.2, 0.25) is 0 Å². The van der Waals surface area contributed by atoms with Crippen LogP contribution in [0.4, 0.5) is 0 Å². The second-order valence-corrected chi connectivity index (χ2v) is 3.62. The minimum atomic E-state index is 1.02. The van der Waals surface area contributed by atoms with E-state index in [2.05, 4.69) is 25.1 Å². The van der Waals surface area contributed by atoms with Crippen molar-refractivity contribution in [2.45, 2.75) is 19.3 Å². The summed E-state index contributed by atoms with van der Waals surface area (Å²) < 4.78 is 0. The molecule has 0 aromatic heterocycles. The molecule has 0 fully saturated rings. The monoisotopic (exact) mass is 166 g/mol. The van der Waals surface area contributed by atoms with Crippen molar-refractivity contribution in [1.82, 2.24) is 4.90 Å². The Bertz CT molecular complexity index is 202. The highest BCUT2D eigenvalue weighted by Gasteiger charge is 2.03. The summed E-state index contributed by atoms with van der Waals surface area (Å²) >= 11 is 0. The van der Waals surface area contributed by atoms with E-state index in [-0.39, 0.29) is 0 Å². The van der Waals surface area contributed by atoms with Gasteiger partial charge in [-0.15, -0.1) is 0 Å². The van der Waals surface area contributed by atoms with Gasteiger partial charge in [-0.2, -0.15) is 0 Å². The van der Waals surface area contributed by atoms with Crippen LogP contribution < -0.4 is 5.73 Å². The van der Waals surface area contributed by atoms with Crippen LogP contribution >= 0.6 is 0 Å².